The van der Waals surface area contributed by atoms with Crippen molar-refractivity contribution >= 4 is 0 Å². The first kappa shape index (κ1) is 14.2. The van der Waals surface area contributed by atoms with E-state index in [-0.39, 0.29) is 0 Å². The fourth-order valence-electron chi connectivity index (χ4n) is 2.22. The van der Waals surface area contributed by atoms with E-state index in [4.69, 9.17) is 0 Å². The molecule has 1 aromatic carbocycles. The molecule has 1 aromatic rings. The molecule has 0 heterocycles. The molecule has 0 aliphatic carbocycles. The molecule has 0 amide bonds. The Morgan fingerprint density at radius 2 is 1.82 bits per heavy atom. The van der Waals surface area contributed by atoms with Crippen LogP contribution < -0.4 is 0 Å². The van der Waals surface area contributed by atoms with Crippen LogP contribution in [-0.2, 0) is 6.42 Å². The van der Waals surface area contributed by atoms with E-state index in [1.807, 2.05) is 0 Å². The van der Waals surface area contributed by atoms with Crippen LogP contribution in [-0.4, -0.2) is 11.7 Å². The summed E-state index contributed by atoms with van der Waals surface area (Å²) in [6.45, 7) is 6.98. The van der Waals surface area contributed by atoms with Crippen molar-refractivity contribution in [3.63, 3.8) is 0 Å². The second-order valence-corrected chi connectivity index (χ2v) is 5.50. The van der Waals surface area contributed by atoms with Gasteiger partial charge in [-0.2, -0.15) is 0 Å². The Bertz CT molecular complexity index is 317. The normalized spacial score (nSPS) is 13.0. The molecule has 17 heavy (non-hydrogen) atoms. The van der Waals surface area contributed by atoms with Gasteiger partial charge in [-0.05, 0) is 42.7 Å². The van der Waals surface area contributed by atoms with Crippen LogP contribution in [0.4, 0.5) is 0 Å². The van der Waals surface area contributed by atoms with E-state index in [0.29, 0.717) is 12.5 Å². The summed E-state index contributed by atoms with van der Waals surface area (Å²) in [6, 6.07) is 8.49. The monoisotopic (exact) mass is 234 g/mol. The fraction of sp³-hybridized carbons (Fsp3) is 0.625. The van der Waals surface area contributed by atoms with Gasteiger partial charge in [-0.3, -0.25) is 0 Å². The standard InChI is InChI=1S/C16H26O/c1-13(2)7-6-9-15(12-17)11-16-10-5-4-8-14(16)3/h4-5,8,10,13,15,17H,6-7,9,11-12H2,1-3H3. The molecule has 0 bridgehead atoms. The van der Waals surface area contributed by atoms with Gasteiger partial charge in [-0.25, -0.2) is 0 Å². The lowest BCUT2D eigenvalue weighted by atomic mass is 9.91. The van der Waals surface area contributed by atoms with Gasteiger partial charge in [0, 0.05) is 6.61 Å². The second kappa shape index (κ2) is 7.50. The van der Waals surface area contributed by atoms with Crippen molar-refractivity contribution in [3.05, 3.63) is 35.4 Å². The summed E-state index contributed by atoms with van der Waals surface area (Å²) in [5.74, 6) is 1.20. The molecule has 0 saturated heterocycles. The fourth-order valence-corrected chi connectivity index (χ4v) is 2.22. The first-order valence-corrected chi connectivity index (χ1v) is 6.78. The summed E-state index contributed by atoms with van der Waals surface area (Å²) in [7, 11) is 0. The van der Waals surface area contributed by atoms with Crippen molar-refractivity contribution in [2.45, 2.75) is 46.5 Å². The summed E-state index contributed by atoms with van der Waals surface area (Å²) >= 11 is 0. The van der Waals surface area contributed by atoms with Gasteiger partial charge >= 0.3 is 0 Å². The van der Waals surface area contributed by atoms with Crippen molar-refractivity contribution in [2.24, 2.45) is 11.8 Å². The predicted octanol–water partition coefficient (Wildman–Crippen LogP) is 3.97. The predicted molar refractivity (Wildman–Crippen MR) is 74.1 cm³/mol. The smallest absolute Gasteiger partial charge is 0.0462 e. The Kier molecular flexibility index (Phi) is 6.28. The molecule has 0 aromatic heterocycles. The Hall–Kier alpha value is -0.820. The minimum Gasteiger partial charge on any atom is -0.396 e. The first-order valence-electron chi connectivity index (χ1n) is 6.78. The molecule has 0 aliphatic heterocycles. The van der Waals surface area contributed by atoms with Crippen LogP contribution in [0, 0.1) is 18.8 Å². The zero-order chi connectivity index (χ0) is 12.7. The molecule has 1 nitrogen and oxygen atoms in total. The van der Waals surface area contributed by atoms with E-state index >= 15 is 0 Å². The summed E-state index contributed by atoms with van der Waals surface area (Å²) in [5, 5.41) is 9.44. The number of hydrogen-bond donors (Lipinski definition) is 1. The van der Waals surface area contributed by atoms with Crippen LogP contribution in [0.1, 0.15) is 44.2 Å². The average molecular weight is 234 g/mol. The summed E-state index contributed by atoms with van der Waals surface area (Å²) in [6.07, 6.45) is 4.66. The molecule has 1 unspecified atom stereocenters. The van der Waals surface area contributed by atoms with Crippen LogP contribution in [0.5, 0.6) is 0 Å². The van der Waals surface area contributed by atoms with Gasteiger partial charge in [-0.1, -0.05) is 51.0 Å². The third-order valence-electron chi connectivity index (χ3n) is 3.42. The van der Waals surface area contributed by atoms with Crippen molar-refractivity contribution in [1.29, 1.82) is 0 Å². The second-order valence-electron chi connectivity index (χ2n) is 5.50. The zero-order valence-electron chi connectivity index (χ0n) is 11.4. The topological polar surface area (TPSA) is 20.2 Å². The lowest BCUT2D eigenvalue weighted by Crippen LogP contribution is -2.11. The Morgan fingerprint density at radius 3 is 2.41 bits per heavy atom. The minimum absolute atomic E-state index is 0.312. The molecule has 1 atom stereocenters. The van der Waals surface area contributed by atoms with Crippen molar-refractivity contribution < 1.29 is 5.11 Å². The van der Waals surface area contributed by atoms with Crippen LogP contribution >= 0.6 is 0 Å². The van der Waals surface area contributed by atoms with Crippen LogP contribution in [0.3, 0.4) is 0 Å². The quantitative estimate of drug-likeness (QED) is 0.757. The highest BCUT2D eigenvalue weighted by atomic mass is 16.3. The summed E-state index contributed by atoms with van der Waals surface area (Å²) in [5.41, 5.74) is 2.73. The maximum atomic E-state index is 9.44. The Morgan fingerprint density at radius 1 is 1.12 bits per heavy atom. The van der Waals surface area contributed by atoms with E-state index in [0.717, 1.165) is 18.8 Å². The lowest BCUT2D eigenvalue weighted by molar-refractivity contribution is 0.213. The Balaban J connectivity index is 2.44. The molecule has 96 valence electrons. The highest BCUT2D eigenvalue weighted by Crippen LogP contribution is 2.19. The molecule has 0 radical (unpaired) electrons. The highest BCUT2D eigenvalue weighted by Gasteiger charge is 2.10. The van der Waals surface area contributed by atoms with Gasteiger partial charge in [0.15, 0.2) is 0 Å². The number of benzene rings is 1. The maximum Gasteiger partial charge on any atom is 0.0462 e. The SMILES string of the molecule is Cc1ccccc1CC(CO)CCCC(C)C. The first-order chi connectivity index (χ1) is 8.13. The lowest BCUT2D eigenvalue weighted by Gasteiger charge is -2.16. The third kappa shape index (κ3) is 5.36. The van der Waals surface area contributed by atoms with E-state index in [9.17, 15) is 5.11 Å². The molecule has 0 fully saturated rings. The summed E-state index contributed by atoms with van der Waals surface area (Å²) in [4.78, 5) is 0. The highest BCUT2D eigenvalue weighted by molar-refractivity contribution is 5.25. The number of aryl methyl sites for hydroxylation is 1. The third-order valence-corrected chi connectivity index (χ3v) is 3.42. The number of aliphatic hydroxyl groups excluding tert-OH is 1. The van der Waals surface area contributed by atoms with Crippen molar-refractivity contribution in [3.8, 4) is 0 Å². The van der Waals surface area contributed by atoms with Gasteiger partial charge in [0.05, 0.1) is 0 Å². The van der Waals surface area contributed by atoms with Gasteiger partial charge in [0.25, 0.3) is 0 Å². The molecule has 1 rings (SSSR count). The van der Waals surface area contributed by atoms with Crippen molar-refractivity contribution in [2.75, 3.05) is 6.61 Å². The van der Waals surface area contributed by atoms with Crippen LogP contribution in [0.25, 0.3) is 0 Å². The van der Waals surface area contributed by atoms with Gasteiger partial charge in [0.1, 0.15) is 0 Å². The molecule has 1 N–H and O–H groups in total. The largest absolute Gasteiger partial charge is 0.396 e. The average Bonchev–Trinajstić information content (AvgIpc) is 2.30. The molecule has 1 heteroatoms. The van der Waals surface area contributed by atoms with Gasteiger partial charge in [-0.15, -0.1) is 0 Å². The number of hydrogen-bond acceptors (Lipinski definition) is 1. The minimum atomic E-state index is 0.312. The molecule has 0 spiro atoms. The number of rotatable bonds is 7. The van der Waals surface area contributed by atoms with E-state index in [2.05, 4.69) is 45.0 Å². The van der Waals surface area contributed by atoms with Crippen LogP contribution in [0.2, 0.25) is 0 Å². The van der Waals surface area contributed by atoms with Crippen LogP contribution in [0.15, 0.2) is 24.3 Å². The van der Waals surface area contributed by atoms with Gasteiger partial charge in [0.2, 0.25) is 0 Å². The summed E-state index contributed by atoms with van der Waals surface area (Å²) < 4.78 is 0. The number of aliphatic hydroxyl groups is 1. The van der Waals surface area contributed by atoms with Gasteiger partial charge < -0.3 is 5.11 Å². The van der Waals surface area contributed by atoms with E-state index < -0.39 is 0 Å². The van der Waals surface area contributed by atoms with E-state index in [1.165, 1.54) is 24.0 Å². The van der Waals surface area contributed by atoms with E-state index in [1.54, 1.807) is 0 Å². The zero-order valence-corrected chi connectivity index (χ0v) is 11.4. The molecular formula is C16H26O. The molecule has 0 saturated carbocycles. The Labute approximate surface area is 106 Å². The molecular weight excluding hydrogens is 208 g/mol. The maximum absolute atomic E-state index is 9.44. The van der Waals surface area contributed by atoms with Crippen molar-refractivity contribution in [1.82, 2.24) is 0 Å². The molecule has 0 aliphatic rings.